The highest BCUT2D eigenvalue weighted by molar-refractivity contribution is 5.97. The summed E-state index contributed by atoms with van der Waals surface area (Å²) in [6.07, 6.45) is 4.32. The molecule has 368 valence electrons. The van der Waals surface area contributed by atoms with Crippen LogP contribution in [0.2, 0.25) is 0 Å². The average Bonchev–Trinajstić information content (AvgIpc) is 3.92. The van der Waals surface area contributed by atoms with E-state index in [1.807, 2.05) is 24.3 Å². The SMILES string of the molecule is NC(N)=NCCC[C@@H]1NC(=O)[C@H](Cc2c[nH]c3ccccc23)NC(=O)[C@@H](CC2CCC(O)CC2)NC(=O)[C@@H]2C[C@@H](N)CN2C(=O)[C@@H](NC(=O)[C@H](Cc2ccccc2)NCC(=O)O)CCCNC1=O. The number of aliphatic hydroxyl groups excluding tert-OH is 1. The number of amides is 6. The summed E-state index contributed by atoms with van der Waals surface area (Å²) in [6.45, 7) is -0.421. The van der Waals surface area contributed by atoms with Gasteiger partial charge in [0, 0.05) is 49.2 Å². The van der Waals surface area contributed by atoms with Crippen molar-refractivity contribution in [2.24, 2.45) is 28.1 Å². The Morgan fingerprint density at radius 1 is 0.853 bits per heavy atom. The second-order valence-corrected chi connectivity index (χ2v) is 18.1. The molecule has 3 aromatic rings. The Morgan fingerprint density at radius 2 is 1.54 bits per heavy atom. The van der Waals surface area contributed by atoms with E-state index in [0.717, 1.165) is 22.0 Å². The van der Waals surface area contributed by atoms with E-state index >= 15 is 0 Å². The number of fused-ring (bicyclic) bond motifs is 2. The molecule has 15 N–H and O–H groups in total. The van der Waals surface area contributed by atoms with Crippen molar-refractivity contribution in [3.05, 3.63) is 71.9 Å². The Kier molecular flexibility index (Phi) is 18.3. The van der Waals surface area contributed by atoms with Gasteiger partial charge in [0.15, 0.2) is 5.96 Å². The van der Waals surface area contributed by atoms with Gasteiger partial charge in [0.05, 0.1) is 18.7 Å². The van der Waals surface area contributed by atoms with Crippen molar-refractivity contribution in [2.75, 3.05) is 26.2 Å². The third-order valence-electron chi connectivity index (χ3n) is 12.9. The maximum absolute atomic E-state index is 14.7. The van der Waals surface area contributed by atoms with Gasteiger partial charge in [-0.25, -0.2) is 0 Å². The smallest absolute Gasteiger partial charge is 0.317 e. The van der Waals surface area contributed by atoms with Crippen molar-refractivity contribution >= 4 is 58.3 Å². The molecule has 3 fully saturated rings. The molecule has 0 unspecified atom stereocenters. The molecule has 1 aliphatic carbocycles. The fourth-order valence-corrected chi connectivity index (χ4v) is 9.31. The Balaban J connectivity index is 1.33. The third-order valence-corrected chi connectivity index (χ3v) is 12.9. The summed E-state index contributed by atoms with van der Waals surface area (Å²) >= 11 is 0. The van der Waals surface area contributed by atoms with E-state index < -0.39 is 96.4 Å². The summed E-state index contributed by atoms with van der Waals surface area (Å²) in [5.41, 5.74) is 19.8. The van der Waals surface area contributed by atoms with Crippen LogP contribution in [0.25, 0.3) is 10.9 Å². The van der Waals surface area contributed by atoms with Gasteiger partial charge < -0.3 is 63.9 Å². The highest BCUT2D eigenvalue weighted by Gasteiger charge is 2.43. The number of aliphatic imine (C=N–C) groups is 1. The molecule has 0 radical (unpaired) electrons. The van der Waals surface area contributed by atoms with Crippen molar-refractivity contribution < 1.29 is 43.8 Å². The zero-order chi connectivity index (χ0) is 48.7. The first-order valence-electron chi connectivity index (χ1n) is 23.5. The van der Waals surface area contributed by atoms with Gasteiger partial charge in [-0.05, 0) is 93.7 Å². The van der Waals surface area contributed by atoms with Crippen LogP contribution < -0.4 is 49.1 Å². The first kappa shape index (κ1) is 50.8. The minimum absolute atomic E-state index is 0.00225. The highest BCUT2D eigenvalue weighted by atomic mass is 16.4. The summed E-state index contributed by atoms with van der Waals surface area (Å²) in [5, 5.41) is 37.7. The van der Waals surface area contributed by atoms with Gasteiger partial charge in [-0.1, -0.05) is 48.5 Å². The second-order valence-electron chi connectivity index (χ2n) is 18.1. The molecule has 0 spiro atoms. The largest absolute Gasteiger partial charge is 0.480 e. The predicted molar refractivity (Wildman–Crippen MR) is 252 cm³/mol. The minimum atomic E-state index is -1.25. The maximum atomic E-state index is 14.7. The molecule has 2 aromatic carbocycles. The number of guanidine groups is 1. The molecular formula is C47H66N12O9. The first-order chi connectivity index (χ1) is 32.6. The van der Waals surface area contributed by atoms with Crippen LogP contribution >= 0.6 is 0 Å². The maximum Gasteiger partial charge on any atom is 0.317 e. The Bertz CT molecular complexity index is 2260. The third kappa shape index (κ3) is 14.5. The number of carboxylic acids is 1. The lowest BCUT2D eigenvalue weighted by atomic mass is 9.83. The predicted octanol–water partition coefficient (Wildman–Crippen LogP) is -1.23. The number of H-pyrrole nitrogens is 1. The number of carboxylic acid groups (broad SMARTS) is 1. The van der Waals surface area contributed by atoms with Crippen LogP contribution in [0.15, 0.2) is 65.8 Å². The lowest BCUT2D eigenvalue weighted by Crippen LogP contribution is -2.60. The normalized spacial score (nSPS) is 26.0. The van der Waals surface area contributed by atoms with E-state index in [0.29, 0.717) is 32.1 Å². The molecule has 2 saturated heterocycles. The van der Waals surface area contributed by atoms with Crippen molar-refractivity contribution in [3.8, 4) is 0 Å². The quantitative estimate of drug-likeness (QED) is 0.0483. The lowest BCUT2D eigenvalue weighted by molar-refractivity contribution is -0.143. The number of carbonyl (C=O) groups excluding carboxylic acids is 6. The molecule has 0 bridgehead atoms. The molecule has 21 heteroatoms. The molecular weight excluding hydrogens is 877 g/mol. The van der Waals surface area contributed by atoms with Crippen LogP contribution in [0.1, 0.15) is 75.3 Å². The van der Waals surface area contributed by atoms with E-state index in [1.54, 1.807) is 36.5 Å². The molecule has 21 nitrogen and oxygen atoms in total. The summed E-state index contributed by atoms with van der Waals surface area (Å²) in [4.78, 5) is 107. The molecule has 1 aromatic heterocycles. The average molecular weight is 943 g/mol. The van der Waals surface area contributed by atoms with E-state index in [2.05, 4.69) is 41.9 Å². The van der Waals surface area contributed by atoms with Crippen LogP contribution in [0.3, 0.4) is 0 Å². The number of aromatic nitrogens is 1. The van der Waals surface area contributed by atoms with Gasteiger partial charge in [-0.2, -0.15) is 0 Å². The molecule has 6 rings (SSSR count). The standard InChI is InChI=1S/C47H66N12O9/c48-30-23-39-45(67)58-37(21-28-14-16-31(60)17-15-28)43(65)57-38(22-29-24-53-33-11-5-4-10-32(29)33)44(66)55-34(12-6-19-52-47(49)50)41(63)51-18-7-13-35(46(68)59(39)26-30)56-42(64)36(54-25-40(61)62)20-27-8-2-1-3-9-27/h1-5,8-11,24,28,30-31,34-39,53-54,60H,6-7,12-23,25-26,48H2,(H,51,63)(H,55,66)(H,56,64)(H,57,65)(H,58,67)(H,61,62)(H4,49,50,52)/t28?,30-,31?,34+,35+,36+,37-,38+,39+/m1/s1. The number of benzene rings is 2. The van der Waals surface area contributed by atoms with Gasteiger partial charge in [-0.15, -0.1) is 0 Å². The van der Waals surface area contributed by atoms with Gasteiger partial charge >= 0.3 is 5.97 Å². The molecule has 2 aliphatic heterocycles. The minimum Gasteiger partial charge on any atom is -0.480 e. The molecule has 1 saturated carbocycles. The van der Waals surface area contributed by atoms with Crippen LogP contribution in [0.5, 0.6) is 0 Å². The summed E-state index contributed by atoms with van der Waals surface area (Å²) in [6, 6.07) is 8.78. The van der Waals surface area contributed by atoms with E-state index in [1.165, 1.54) is 4.90 Å². The lowest BCUT2D eigenvalue weighted by Gasteiger charge is -2.33. The zero-order valence-electron chi connectivity index (χ0n) is 38.2. The van der Waals surface area contributed by atoms with Crippen molar-refractivity contribution in [1.29, 1.82) is 0 Å². The number of aliphatic hydroxyl groups is 1. The van der Waals surface area contributed by atoms with Crippen LogP contribution in [-0.2, 0) is 46.4 Å². The second kappa shape index (κ2) is 24.4. The number of aliphatic carboxylic acids is 1. The number of nitrogens with zero attached hydrogens (tertiary/aromatic N) is 2. The summed E-state index contributed by atoms with van der Waals surface area (Å²) in [5.74, 6) is -5.21. The first-order valence-corrected chi connectivity index (χ1v) is 23.5. The van der Waals surface area contributed by atoms with E-state index in [-0.39, 0.29) is 76.5 Å². The number of rotatable bonds is 15. The number of aromatic amines is 1. The Labute approximate surface area is 394 Å². The van der Waals surface area contributed by atoms with Crippen molar-refractivity contribution in [3.63, 3.8) is 0 Å². The topological polar surface area (TPSA) is 342 Å². The summed E-state index contributed by atoms with van der Waals surface area (Å²) in [7, 11) is 0. The van der Waals surface area contributed by atoms with E-state index in [4.69, 9.17) is 17.2 Å². The number of carbonyl (C=O) groups is 7. The van der Waals surface area contributed by atoms with Crippen LogP contribution in [0, 0.1) is 5.92 Å². The molecule has 6 amide bonds. The highest BCUT2D eigenvalue weighted by Crippen LogP contribution is 2.29. The van der Waals surface area contributed by atoms with Gasteiger partial charge in [0.25, 0.3) is 0 Å². The molecule has 68 heavy (non-hydrogen) atoms. The van der Waals surface area contributed by atoms with Gasteiger partial charge in [0.2, 0.25) is 35.4 Å². The monoisotopic (exact) mass is 943 g/mol. The van der Waals surface area contributed by atoms with Crippen molar-refractivity contribution in [2.45, 2.75) is 125 Å². The fourth-order valence-electron chi connectivity index (χ4n) is 9.31. The van der Waals surface area contributed by atoms with Crippen LogP contribution in [0.4, 0.5) is 0 Å². The number of hydrogen-bond acceptors (Lipinski definition) is 11. The number of para-hydroxylation sites is 1. The number of nitrogens with two attached hydrogens (primary N) is 3. The molecule has 3 aliphatic rings. The zero-order valence-corrected chi connectivity index (χ0v) is 38.2. The number of hydrogen-bond donors (Lipinski definition) is 12. The molecule has 7 atom stereocenters. The van der Waals surface area contributed by atoms with Crippen molar-refractivity contribution in [1.82, 2.24) is 41.8 Å². The van der Waals surface area contributed by atoms with Crippen LogP contribution in [-0.4, -0.2) is 142 Å². The van der Waals surface area contributed by atoms with Gasteiger partial charge in [-0.3, -0.25) is 43.9 Å². The fraction of sp³-hybridized carbons (Fsp3) is 0.532. The van der Waals surface area contributed by atoms with E-state index in [9.17, 15) is 43.8 Å². The number of nitrogens with one attached hydrogen (secondary N) is 7. The van der Waals surface area contributed by atoms with Gasteiger partial charge in [0.1, 0.15) is 30.2 Å². The Hall–Kier alpha value is -6.58. The Morgan fingerprint density at radius 3 is 2.28 bits per heavy atom. The molecule has 3 heterocycles. The summed E-state index contributed by atoms with van der Waals surface area (Å²) < 4.78 is 0.